The van der Waals surface area contributed by atoms with E-state index in [9.17, 15) is 4.79 Å². The number of nitrogens with two attached hydrogens (primary N) is 1. The molecule has 0 radical (unpaired) electrons. The Bertz CT molecular complexity index is 451. The van der Waals surface area contributed by atoms with Crippen LogP contribution in [-0.4, -0.2) is 19.3 Å². The van der Waals surface area contributed by atoms with Crippen LogP contribution in [0.5, 0.6) is 11.5 Å². The van der Waals surface area contributed by atoms with Gasteiger partial charge >= 0.3 is 0 Å². The minimum atomic E-state index is -0.119. The van der Waals surface area contributed by atoms with E-state index in [1.165, 1.54) is 0 Å². The average Bonchev–Trinajstić information content (AvgIpc) is 2.93. The molecule has 0 atom stereocenters. The van der Waals surface area contributed by atoms with Crippen molar-refractivity contribution < 1.29 is 19.0 Å². The second-order valence-electron chi connectivity index (χ2n) is 4.62. The molecule has 0 saturated heterocycles. The van der Waals surface area contributed by atoms with Gasteiger partial charge in [0.1, 0.15) is 0 Å². The average molecular weight is 280 g/mol. The highest BCUT2D eigenvalue weighted by Gasteiger charge is 2.12. The molecule has 0 aromatic heterocycles. The minimum Gasteiger partial charge on any atom is -0.454 e. The van der Waals surface area contributed by atoms with Gasteiger partial charge in [-0.1, -0.05) is 12.5 Å². The van der Waals surface area contributed by atoms with Crippen LogP contribution >= 0.6 is 0 Å². The molecule has 0 spiro atoms. The molecule has 0 unspecified atom stereocenters. The van der Waals surface area contributed by atoms with Crippen LogP contribution in [0.2, 0.25) is 0 Å². The van der Waals surface area contributed by atoms with Gasteiger partial charge in [0.2, 0.25) is 12.7 Å². The molecule has 0 bridgehead atoms. The zero-order valence-electron chi connectivity index (χ0n) is 11.4. The fourth-order valence-electron chi connectivity index (χ4n) is 1.96. The van der Waals surface area contributed by atoms with Crippen molar-refractivity contribution in [3.05, 3.63) is 23.8 Å². The van der Waals surface area contributed by atoms with Crippen molar-refractivity contribution in [2.24, 2.45) is 5.84 Å². The van der Waals surface area contributed by atoms with Crippen LogP contribution in [0.4, 0.5) is 0 Å². The lowest BCUT2D eigenvalue weighted by atomic mass is 10.2. The maximum atomic E-state index is 10.9. The molecular weight excluding hydrogens is 260 g/mol. The molecule has 6 heteroatoms. The van der Waals surface area contributed by atoms with E-state index in [1.54, 1.807) is 0 Å². The van der Waals surface area contributed by atoms with Gasteiger partial charge in [-0.15, -0.1) is 0 Å². The smallest absolute Gasteiger partial charge is 0.233 e. The highest BCUT2D eigenvalue weighted by molar-refractivity contribution is 5.75. The van der Waals surface area contributed by atoms with E-state index < -0.39 is 0 Å². The number of ether oxygens (including phenoxy) is 3. The number of amides is 1. The van der Waals surface area contributed by atoms with Crippen LogP contribution in [0.25, 0.3) is 0 Å². The second kappa shape index (κ2) is 7.72. The number of fused-ring (bicyclic) bond motifs is 1. The largest absolute Gasteiger partial charge is 0.454 e. The first-order valence-corrected chi connectivity index (χ1v) is 6.75. The number of benzene rings is 1. The topological polar surface area (TPSA) is 82.8 Å². The van der Waals surface area contributed by atoms with Crippen molar-refractivity contribution in [1.29, 1.82) is 0 Å². The van der Waals surface area contributed by atoms with Crippen LogP contribution in [0, 0.1) is 0 Å². The Hall–Kier alpha value is -1.79. The summed E-state index contributed by atoms with van der Waals surface area (Å²) in [6.45, 7) is 1.52. The number of carbonyl (C=O) groups excluding carboxylic acids is 1. The quantitative estimate of drug-likeness (QED) is 0.326. The normalized spacial score (nSPS) is 12.4. The van der Waals surface area contributed by atoms with Crippen molar-refractivity contribution >= 4 is 5.91 Å². The van der Waals surface area contributed by atoms with Gasteiger partial charge in [0.15, 0.2) is 11.5 Å². The highest BCUT2D eigenvalue weighted by atomic mass is 16.7. The predicted octanol–water partition coefficient (Wildman–Crippen LogP) is 1.48. The number of carbonyl (C=O) groups is 1. The Morgan fingerprint density at radius 2 is 2.10 bits per heavy atom. The summed E-state index contributed by atoms with van der Waals surface area (Å²) in [5, 5.41) is 0. The SMILES string of the molecule is NNC(=O)CCCCCOCc1ccc2c(c1)OCO2. The second-order valence-corrected chi connectivity index (χ2v) is 4.62. The van der Waals surface area contributed by atoms with E-state index >= 15 is 0 Å². The predicted molar refractivity (Wildman–Crippen MR) is 73.0 cm³/mol. The summed E-state index contributed by atoms with van der Waals surface area (Å²) < 4.78 is 16.1. The van der Waals surface area contributed by atoms with Gasteiger partial charge in [-0.25, -0.2) is 5.84 Å². The monoisotopic (exact) mass is 280 g/mol. The maximum Gasteiger partial charge on any atom is 0.233 e. The molecule has 1 amide bonds. The first-order chi connectivity index (χ1) is 9.79. The minimum absolute atomic E-state index is 0.119. The molecule has 0 fully saturated rings. The van der Waals surface area contributed by atoms with Crippen molar-refractivity contribution in [3.8, 4) is 11.5 Å². The summed E-state index contributed by atoms with van der Waals surface area (Å²) in [4.78, 5) is 10.9. The van der Waals surface area contributed by atoms with E-state index in [1.807, 2.05) is 18.2 Å². The maximum absolute atomic E-state index is 10.9. The number of unbranched alkanes of at least 4 members (excludes halogenated alkanes) is 2. The third-order valence-electron chi connectivity index (χ3n) is 3.06. The molecule has 1 heterocycles. The van der Waals surface area contributed by atoms with Crippen molar-refractivity contribution in [2.75, 3.05) is 13.4 Å². The molecule has 0 aliphatic carbocycles. The Labute approximate surface area is 118 Å². The summed E-state index contributed by atoms with van der Waals surface area (Å²) in [7, 11) is 0. The number of hydrogen-bond acceptors (Lipinski definition) is 5. The highest BCUT2D eigenvalue weighted by Crippen LogP contribution is 2.32. The van der Waals surface area contributed by atoms with E-state index in [4.69, 9.17) is 20.1 Å². The zero-order chi connectivity index (χ0) is 14.2. The molecular formula is C14H20N2O4. The molecule has 0 saturated carbocycles. The molecule has 20 heavy (non-hydrogen) atoms. The lowest BCUT2D eigenvalue weighted by molar-refractivity contribution is -0.121. The molecule has 1 aromatic carbocycles. The van der Waals surface area contributed by atoms with Crippen LogP contribution in [0.15, 0.2) is 18.2 Å². The van der Waals surface area contributed by atoms with Crippen LogP contribution in [-0.2, 0) is 16.1 Å². The first kappa shape index (κ1) is 14.6. The molecule has 6 nitrogen and oxygen atoms in total. The van der Waals surface area contributed by atoms with E-state index in [2.05, 4.69) is 5.43 Å². The van der Waals surface area contributed by atoms with Crippen molar-refractivity contribution in [3.63, 3.8) is 0 Å². The van der Waals surface area contributed by atoms with Crippen LogP contribution < -0.4 is 20.7 Å². The number of nitrogens with one attached hydrogen (secondary N) is 1. The van der Waals surface area contributed by atoms with Gasteiger partial charge in [-0.3, -0.25) is 10.2 Å². The number of hydrogen-bond donors (Lipinski definition) is 2. The summed E-state index contributed by atoms with van der Waals surface area (Å²) in [5.41, 5.74) is 3.18. The number of hydrazine groups is 1. The third-order valence-corrected chi connectivity index (χ3v) is 3.06. The van der Waals surface area contributed by atoms with Crippen molar-refractivity contribution in [2.45, 2.75) is 32.3 Å². The van der Waals surface area contributed by atoms with Crippen LogP contribution in [0.3, 0.4) is 0 Å². The molecule has 1 aliphatic rings. The third kappa shape index (κ3) is 4.40. The van der Waals surface area contributed by atoms with E-state index in [-0.39, 0.29) is 12.7 Å². The standard InChI is InChI=1S/C14H20N2O4/c15-16-14(17)4-2-1-3-7-18-9-11-5-6-12-13(8-11)20-10-19-12/h5-6,8H,1-4,7,9-10,15H2,(H,16,17). The molecule has 1 aromatic rings. The summed E-state index contributed by atoms with van der Waals surface area (Å²) in [5.74, 6) is 6.44. The van der Waals surface area contributed by atoms with E-state index in [0.717, 1.165) is 36.3 Å². The Morgan fingerprint density at radius 1 is 1.25 bits per heavy atom. The summed E-state index contributed by atoms with van der Waals surface area (Å²) >= 11 is 0. The Kier molecular flexibility index (Phi) is 5.64. The van der Waals surface area contributed by atoms with Crippen molar-refractivity contribution in [1.82, 2.24) is 5.43 Å². The Balaban J connectivity index is 1.56. The lowest BCUT2D eigenvalue weighted by Gasteiger charge is -2.05. The van der Waals surface area contributed by atoms with Gasteiger partial charge in [0.25, 0.3) is 0 Å². The summed E-state index contributed by atoms with van der Waals surface area (Å²) in [6, 6.07) is 5.81. The fourth-order valence-corrected chi connectivity index (χ4v) is 1.96. The van der Waals surface area contributed by atoms with Crippen LogP contribution in [0.1, 0.15) is 31.2 Å². The van der Waals surface area contributed by atoms with Gasteiger partial charge in [0.05, 0.1) is 6.61 Å². The molecule has 1 aliphatic heterocycles. The van der Waals surface area contributed by atoms with Gasteiger partial charge < -0.3 is 14.2 Å². The van der Waals surface area contributed by atoms with Gasteiger partial charge in [0, 0.05) is 13.0 Å². The Morgan fingerprint density at radius 3 is 2.95 bits per heavy atom. The van der Waals surface area contributed by atoms with Gasteiger partial charge in [-0.2, -0.15) is 0 Å². The zero-order valence-corrected chi connectivity index (χ0v) is 11.4. The van der Waals surface area contributed by atoms with E-state index in [0.29, 0.717) is 19.6 Å². The fraction of sp³-hybridized carbons (Fsp3) is 0.500. The molecule has 2 rings (SSSR count). The summed E-state index contributed by atoms with van der Waals surface area (Å²) in [6.07, 6.45) is 3.19. The number of rotatable bonds is 8. The first-order valence-electron chi connectivity index (χ1n) is 6.75. The molecule has 3 N–H and O–H groups in total. The van der Waals surface area contributed by atoms with Gasteiger partial charge in [-0.05, 0) is 30.5 Å². The molecule has 110 valence electrons. The lowest BCUT2D eigenvalue weighted by Crippen LogP contribution is -2.29.